The number of aryl methyl sites for hydroxylation is 1. The predicted molar refractivity (Wildman–Crippen MR) is 74.7 cm³/mol. The summed E-state index contributed by atoms with van der Waals surface area (Å²) in [5, 5.41) is 10.2. The third-order valence-corrected chi connectivity index (χ3v) is 5.53. The van der Waals surface area contributed by atoms with Gasteiger partial charge in [0.2, 0.25) is 0 Å². The molecule has 1 N–H and O–H groups in total. The summed E-state index contributed by atoms with van der Waals surface area (Å²) in [6, 6.07) is -0.0149. The van der Waals surface area contributed by atoms with Crippen molar-refractivity contribution in [2.75, 3.05) is 27.2 Å². The summed E-state index contributed by atoms with van der Waals surface area (Å²) in [7, 11) is 1.97. The van der Waals surface area contributed by atoms with Crippen LogP contribution in [0.4, 0.5) is 0 Å². The van der Waals surface area contributed by atoms with E-state index in [0.29, 0.717) is 25.9 Å². The molecule has 0 unspecified atom stereocenters. The average Bonchev–Trinajstić information content (AvgIpc) is 2.69. The summed E-state index contributed by atoms with van der Waals surface area (Å²) in [5.74, 6) is 0. The Labute approximate surface area is 119 Å². The predicted octanol–water partition coefficient (Wildman–Crippen LogP) is -0.504. The van der Waals surface area contributed by atoms with Crippen molar-refractivity contribution < 1.29 is 13.5 Å². The summed E-state index contributed by atoms with van der Waals surface area (Å²) in [5.41, 5.74) is 0. The Hall–Kier alpha value is -0.960. The maximum Gasteiger partial charge on any atom is 0.262 e. The quantitative estimate of drug-likeness (QED) is 0.814. The summed E-state index contributed by atoms with van der Waals surface area (Å²) in [6.45, 7) is 0.725. The number of hydrogen-bond acceptors (Lipinski definition) is 5. The SMILES string of the molecule is CN(C)[C@H]1CCN(S(=O)(=O)c2cn(C)cn2)CC[C@@H]1O. The van der Waals surface area contributed by atoms with Gasteiger partial charge in [-0.25, -0.2) is 13.4 Å². The van der Waals surface area contributed by atoms with E-state index in [1.807, 2.05) is 19.0 Å². The highest BCUT2D eigenvalue weighted by molar-refractivity contribution is 7.89. The van der Waals surface area contributed by atoms with E-state index in [1.54, 1.807) is 11.6 Å². The second-order valence-electron chi connectivity index (χ2n) is 5.46. The van der Waals surface area contributed by atoms with Crippen LogP contribution in [0.25, 0.3) is 0 Å². The molecule has 0 spiro atoms. The molecule has 0 aliphatic carbocycles. The van der Waals surface area contributed by atoms with Gasteiger partial charge in [-0.05, 0) is 26.9 Å². The maximum atomic E-state index is 12.5. The fraction of sp³-hybridized carbons (Fsp3) is 0.750. The van der Waals surface area contributed by atoms with Crippen molar-refractivity contribution in [3.8, 4) is 0 Å². The summed E-state index contributed by atoms with van der Waals surface area (Å²) in [6.07, 6.45) is 3.52. The topological polar surface area (TPSA) is 78.7 Å². The monoisotopic (exact) mass is 302 g/mol. The Morgan fingerprint density at radius 2 is 2.00 bits per heavy atom. The fourth-order valence-electron chi connectivity index (χ4n) is 2.55. The summed E-state index contributed by atoms with van der Waals surface area (Å²) >= 11 is 0. The minimum atomic E-state index is -3.57. The van der Waals surface area contributed by atoms with Crippen LogP contribution >= 0.6 is 0 Å². The van der Waals surface area contributed by atoms with E-state index in [0.717, 1.165) is 0 Å². The van der Waals surface area contributed by atoms with Crippen LogP contribution in [-0.2, 0) is 17.1 Å². The van der Waals surface area contributed by atoms with Crippen LogP contribution in [0.3, 0.4) is 0 Å². The number of aromatic nitrogens is 2. The molecule has 7 nitrogen and oxygen atoms in total. The molecule has 1 saturated heterocycles. The smallest absolute Gasteiger partial charge is 0.262 e. The van der Waals surface area contributed by atoms with Crippen LogP contribution in [0.5, 0.6) is 0 Å². The molecular weight excluding hydrogens is 280 g/mol. The summed E-state index contributed by atoms with van der Waals surface area (Å²) < 4.78 is 28.0. The fourth-order valence-corrected chi connectivity index (χ4v) is 3.98. The van der Waals surface area contributed by atoms with Gasteiger partial charge >= 0.3 is 0 Å². The number of hydrogen-bond donors (Lipinski definition) is 1. The van der Waals surface area contributed by atoms with E-state index in [-0.39, 0.29) is 11.1 Å². The lowest BCUT2D eigenvalue weighted by molar-refractivity contribution is 0.0739. The minimum absolute atomic E-state index is 0.0149. The molecule has 2 heterocycles. The van der Waals surface area contributed by atoms with E-state index in [9.17, 15) is 13.5 Å². The first-order valence-electron chi connectivity index (χ1n) is 6.65. The number of imidazole rings is 1. The Morgan fingerprint density at radius 3 is 2.55 bits per heavy atom. The third kappa shape index (κ3) is 3.03. The highest BCUT2D eigenvalue weighted by Crippen LogP contribution is 2.21. The second kappa shape index (κ2) is 5.80. The number of sulfonamides is 1. The summed E-state index contributed by atoms with van der Waals surface area (Å²) in [4.78, 5) is 5.87. The highest BCUT2D eigenvalue weighted by atomic mass is 32.2. The Morgan fingerprint density at radius 1 is 1.35 bits per heavy atom. The zero-order valence-electron chi connectivity index (χ0n) is 12.1. The lowest BCUT2D eigenvalue weighted by Crippen LogP contribution is -2.38. The van der Waals surface area contributed by atoms with Crippen LogP contribution in [0.2, 0.25) is 0 Å². The lowest BCUT2D eigenvalue weighted by Gasteiger charge is -2.26. The molecule has 114 valence electrons. The number of aliphatic hydroxyl groups excluding tert-OH is 1. The van der Waals surface area contributed by atoms with E-state index in [2.05, 4.69) is 4.98 Å². The zero-order chi connectivity index (χ0) is 14.9. The van der Waals surface area contributed by atoms with Crippen molar-refractivity contribution in [2.45, 2.75) is 30.0 Å². The molecule has 0 amide bonds. The standard InChI is InChI=1S/C12H22N4O3S/c1-14(2)10-4-6-16(7-5-11(10)17)20(18,19)12-8-15(3)9-13-12/h8-11,17H,4-7H2,1-3H3/t10-,11-/m0/s1. The van der Waals surface area contributed by atoms with Crippen molar-refractivity contribution in [3.05, 3.63) is 12.5 Å². The number of likely N-dealkylation sites (N-methyl/N-ethyl adjacent to an activating group) is 1. The maximum absolute atomic E-state index is 12.5. The molecule has 2 rings (SSSR count). The first kappa shape index (κ1) is 15.4. The van der Waals surface area contributed by atoms with E-state index < -0.39 is 16.1 Å². The number of aliphatic hydroxyl groups is 1. The number of nitrogens with zero attached hydrogens (tertiary/aromatic N) is 4. The van der Waals surface area contributed by atoms with Crippen LogP contribution < -0.4 is 0 Å². The van der Waals surface area contributed by atoms with Crippen LogP contribution in [0.15, 0.2) is 17.6 Å². The first-order valence-corrected chi connectivity index (χ1v) is 8.09. The van der Waals surface area contributed by atoms with Crippen LogP contribution in [0, 0.1) is 0 Å². The van der Waals surface area contributed by atoms with Crippen molar-refractivity contribution in [3.63, 3.8) is 0 Å². The van der Waals surface area contributed by atoms with Gasteiger partial charge in [-0.1, -0.05) is 0 Å². The van der Waals surface area contributed by atoms with Crippen molar-refractivity contribution in [1.82, 2.24) is 18.8 Å². The molecule has 1 fully saturated rings. The van der Waals surface area contributed by atoms with E-state index >= 15 is 0 Å². The van der Waals surface area contributed by atoms with Gasteiger partial charge in [-0.3, -0.25) is 0 Å². The molecular formula is C12H22N4O3S. The van der Waals surface area contributed by atoms with Crippen LogP contribution in [-0.4, -0.2) is 71.6 Å². The molecule has 0 saturated carbocycles. The molecule has 8 heteroatoms. The molecule has 1 aromatic rings. The second-order valence-corrected chi connectivity index (χ2v) is 7.34. The molecule has 2 atom stereocenters. The molecule has 1 aromatic heterocycles. The van der Waals surface area contributed by atoms with Crippen molar-refractivity contribution >= 4 is 10.0 Å². The Bertz CT molecular complexity index is 555. The van der Waals surface area contributed by atoms with Gasteiger partial charge in [-0.2, -0.15) is 4.31 Å². The van der Waals surface area contributed by atoms with E-state index in [1.165, 1.54) is 16.8 Å². The van der Waals surface area contributed by atoms with Gasteiger partial charge in [0.05, 0.1) is 12.4 Å². The largest absolute Gasteiger partial charge is 0.391 e. The van der Waals surface area contributed by atoms with Crippen LogP contribution in [0.1, 0.15) is 12.8 Å². The van der Waals surface area contributed by atoms with Gasteiger partial charge in [0.1, 0.15) is 0 Å². The van der Waals surface area contributed by atoms with Gasteiger partial charge in [0.15, 0.2) is 5.03 Å². The molecule has 0 aromatic carbocycles. The molecule has 1 aliphatic heterocycles. The number of rotatable bonds is 3. The molecule has 20 heavy (non-hydrogen) atoms. The molecule has 0 bridgehead atoms. The first-order chi connectivity index (χ1) is 9.32. The van der Waals surface area contributed by atoms with Gasteiger partial charge < -0.3 is 14.6 Å². The lowest BCUT2D eigenvalue weighted by atomic mass is 10.1. The Balaban J connectivity index is 2.18. The third-order valence-electron chi connectivity index (χ3n) is 3.74. The normalized spacial score (nSPS) is 25.9. The average molecular weight is 302 g/mol. The van der Waals surface area contributed by atoms with Crippen molar-refractivity contribution in [1.29, 1.82) is 0 Å². The minimum Gasteiger partial charge on any atom is -0.391 e. The van der Waals surface area contributed by atoms with Crippen molar-refractivity contribution in [2.24, 2.45) is 7.05 Å². The molecule has 0 radical (unpaired) electrons. The van der Waals surface area contributed by atoms with Gasteiger partial charge in [0.25, 0.3) is 10.0 Å². The van der Waals surface area contributed by atoms with Gasteiger partial charge in [0, 0.05) is 32.4 Å². The zero-order valence-corrected chi connectivity index (χ0v) is 12.9. The van der Waals surface area contributed by atoms with E-state index in [4.69, 9.17) is 0 Å². The highest BCUT2D eigenvalue weighted by Gasteiger charge is 2.33. The Kier molecular flexibility index (Phi) is 4.48. The molecule has 1 aliphatic rings. The van der Waals surface area contributed by atoms with Gasteiger partial charge in [-0.15, -0.1) is 0 Å².